The van der Waals surface area contributed by atoms with Gasteiger partial charge in [0.05, 0.1) is 6.10 Å². The first-order chi connectivity index (χ1) is 7.71. The number of hydrogen-bond acceptors (Lipinski definition) is 4. The fraction of sp³-hybridized carbons (Fsp3) is 1.00. The molecule has 0 aliphatic carbocycles. The number of methoxy groups -OCH3 is 1. The number of likely N-dealkylation sites (tertiary alicyclic amines) is 1. The average molecular weight is 230 g/mol. The number of aliphatic hydroxyl groups excluding tert-OH is 1. The van der Waals surface area contributed by atoms with Gasteiger partial charge in [0.25, 0.3) is 0 Å². The second kappa shape index (κ2) is 7.22. The summed E-state index contributed by atoms with van der Waals surface area (Å²) in [5.74, 6) is 0.659. The number of rotatable bonds is 6. The molecular weight excluding hydrogens is 204 g/mol. The molecule has 0 aromatic rings. The molecule has 3 unspecified atom stereocenters. The third kappa shape index (κ3) is 4.01. The van der Waals surface area contributed by atoms with Crippen LogP contribution >= 0.6 is 0 Å². The van der Waals surface area contributed by atoms with Crippen LogP contribution in [0, 0.1) is 5.92 Å². The maximum atomic E-state index is 8.95. The lowest BCUT2D eigenvalue weighted by Crippen LogP contribution is -2.48. The Kier molecular flexibility index (Phi) is 6.28. The molecule has 1 aliphatic rings. The smallest absolute Gasteiger partial charge is 0.0724 e. The van der Waals surface area contributed by atoms with E-state index >= 15 is 0 Å². The highest BCUT2D eigenvalue weighted by Crippen LogP contribution is 2.19. The predicted octanol–water partition coefficient (Wildman–Crippen LogP) is 0.314. The van der Waals surface area contributed by atoms with Crippen LogP contribution in [0.4, 0.5) is 0 Å². The standard InChI is InChI=1S/C12H26N2O2/c1-10-4-6-14(9-12(10)16-3)8-11(13-2)5-7-15/h10-13,15H,4-9H2,1-3H3. The van der Waals surface area contributed by atoms with E-state index in [4.69, 9.17) is 9.84 Å². The highest BCUT2D eigenvalue weighted by Gasteiger charge is 2.26. The molecule has 0 saturated carbocycles. The molecule has 0 radical (unpaired) electrons. The molecule has 3 atom stereocenters. The van der Waals surface area contributed by atoms with Crippen LogP contribution in [-0.2, 0) is 4.74 Å². The van der Waals surface area contributed by atoms with Crippen molar-refractivity contribution in [2.75, 3.05) is 40.4 Å². The maximum Gasteiger partial charge on any atom is 0.0724 e. The van der Waals surface area contributed by atoms with Crippen molar-refractivity contribution < 1.29 is 9.84 Å². The topological polar surface area (TPSA) is 44.7 Å². The fourth-order valence-corrected chi connectivity index (χ4v) is 2.36. The van der Waals surface area contributed by atoms with Crippen molar-refractivity contribution in [2.24, 2.45) is 5.92 Å². The second-order valence-corrected chi connectivity index (χ2v) is 4.80. The zero-order valence-electron chi connectivity index (χ0n) is 10.8. The van der Waals surface area contributed by atoms with Gasteiger partial charge in [-0.15, -0.1) is 0 Å². The molecule has 0 aromatic carbocycles. The molecule has 1 saturated heterocycles. The first kappa shape index (κ1) is 13.9. The van der Waals surface area contributed by atoms with Crippen LogP contribution in [0.25, 0.3) is 0 Å². The van der Waals surface area contributed by atoms with E-state index in [1.807, 2.05) is 7.05 Å². The van der Waals surface area contributed by atoms with Gasteiger partial charge in [-0.3, -0.25) is 4.90 Å². The Hall–Kier alpha value is -0.160. The Morgan fingerprint density at radius 2 is 2.31 bits per heavy atom. The highest BCUT2D eigenvalue weighted by molar-refractivity contribution is 4.81. The molecule has 0 bridgehead atoms. The van der Waals surface area contributed by atoms with Gasteiger partial charge in [0.2, 0.25) is 0 Å². The van der Waals surface area contributed by atoms with Crippen molar-refractivity contribution in [2.45, 2.75) is 31.9 Å². The lowest BCUT2D eigenvalue weighted by atomic mass is 9.95. The Balaban J connectivity index is 2.36. The lowest BCUT2D eigenvalue weighted by Gasteiger charge is -2.37. The Bertz CT molecular complexity index is 190. The molecule has 1 rings (SSSR count). The quantitative estimate of drug-likeness (QED) is 0.689. The van der Waals surface area contributed by atoms with Gasteiger partial charge in [-0.1, -0.05) is 6.92 Å². The third-order valence-corrected chi connectivity index (χ3v) is 3.64. The fourth-order valence-electron chi connectivity index (χ4n) is 2.36. The van der Waals surface area contributed by atoms with E-state index in [0.29, 0.717) is 18.1 Å². The van der Waals surface area contributed by atoms with Gasteiger partial charge in [0, 0.05) is 32.8 Å². The van der Waals surface area contributed by atoms with Crippen molar-refractivity contribution >= 4 is 0 Å². The molecule has 1 fully saturated rings. The summed E-state index contributed by atoms with van der Waals surface area (Å²) in [6.07, 6.45) is 2.38. The minimum Gasteiger partial charge on any atom is -0.396 e. The molecule has 0 spiro atoms. The normalized spacial score (nSPS) is 29.2. The van der Waals surface area contributed by atoms with Crippen molar-refractivity contribution in [1.82, 2.24) is 10.2 Å². The number of hydrogen-bond donors (Lipinski definition) is 2. The van der Waals surface area contributed by atoms with Gasteiger partial charge in [0.1, 0.15) is 0 Å². The van der Waals surface area contributed by atoms with Gasteiger partial charge >= 0.3 is 0 Å². The molecule has 2 N–H and O–H groups in total. The highest BCUT2D eigenvalue weighted by atomic mass is 16.5. The molecule has 0 aromatic heterocycles. The molecule has 16 heavy (non-hydrogen) atoms. The predicted molar refractivity (Wildman–Crippen MR) is 65.6 cm³/mol. The number of ether oxygens (including phenoxy) is 1. The minimum atomic E-state index is 0.253. The second-order valence-electron chi connectivity index (χ2n) is 4.80. The van der Waals surface area contributed by atoms with Crippen LogP contribution in [0.5, 0.6) is 0 Å². The number of piperidine rings is 1. The number of aliphatic hydroxyl groups is 1. The summed E-state index contributed by atoms with van der Waals surface area (Å²) in [5, 5.41) is 12.2. The number of nitrogens with zero attached hydrogens (tertiary/aromatic N) is 1. The summed E-state index contributed by atoms with van der Waals surface area (Å²) < 4.78 is 5.50. The molecule has 0 amide bonds. The minimum absolute atomic E-state index is 0.253. The monoisotopic (exact) mass is 230 g/mol. The van der Waals surface area contributed by atoms with Gasteiger partial charge in [-0.25, -0.2) is 0 Å². The van der Waals surface area contributed by atoms with Gasteiger partial charge < -0.3 is 15.2 Å². The SMILES string of the molecule is CNC(CCO)CN1CCC(C)C(OC)C1. The van der Waals surface area contributed by atoms with E-state index in [1.165, 1.54) is 6.42 Å². The largest absolute Gasteiger partial charge is 0.396 e. The summed E-state index contributed by atoms with van der Waals surface area (Å²) >= 11 is 0. The number of likely N-dealkylation sites (N-methyl/N-ethyl adjacent to an activating group) is 1. The van der Waals surface area contributed by atoms with Gasteiger partial charge in [-0.2, -0.15) is 0 Å². The van der Waals surface area contributed by atoms with E-state index < -0.39 is 0 Å². The van der Waals surface area contributed by atoms with Crippen molar-refractivity contribution in [3.05, 3.63) is 0 Å². The van der Waals surface area contributed by atoms with Crippen LogP contribution in [0.2, 0.25) is 0 Å². The van der Waals surface area contributed by atoms with Gasteiger partial charge in [-0.05, 0) is 32.4 Å². The Labute approximate surface area is 99.0 Å². The van der Waals surface area contributed by atoms with Crippen LogP contribution in [0.15, 0.2) is 0 Å². The van der Waals surface area contributed by atoms with Crippen LogP contribution < -0.4 is 5.32 Å². The zero-order valence-corrected chi connectivity index (χ0v) is 10.8. The van der Waals surface area contributed by atoms with E-state index in [1.54, 1.807) is 7.11 Å². The van der Waals surface area contributed by atoms with Crippen molar-refractivity contribution in [3.63, 3.8) is 0 Å². The molecule has 96 valence electrons. The van der Waals surface area contributed by atoms with Crippen molar-refractivity contribution in [1.29, 1.82) is 0 Å². The average Bonchev–Trinajstić information content (AvgIpc) is 2.30. The third-order valence-electron chi connectivity index (χ3n) is 3.64. The molecular formula is C12H26N2O2. The molecule has 4 heteroatoms. The Morgan fingerprint density at radius 3 is 2.88 bits per heavy atom. The van der Waals surface area contributed by atoms with Crippen LogP contribution in [0.1, 0.15) is 19.8 Å². The van der Waals surface area contributed by atoms with Crippen LogP contribution in [0.3, 0.4) is 0 Å². The first-order valence-electron chi connectivity index (χ1n) is 6.24. The first-order valence-corrected chi connectivity index (χ1v) is 6.24. The van der Waals surface area contributed by atoms with Gasteiger partial charge in [0.15, 0.2) is 0 Å². The number of nitrogens with one attached hydrogen (secondary N) is 1. The van der Waals surface area contributed by atoms with E-state index in [9.17, 15) is 0 Å². The van der Waals surface area contributed by atoms with Crippen molar-refractivity contribution in [3.8, 4) is 0 Å². The summed E-state index contributed by atoms with van der Waals surface area (Å²) in [4.78, 5) is 2.44. The maximum absolute atomic E-state index is 8.95. The lowest BCUT2D eigenvalue weighted by molar-refractivity contribution is -0.00782. The Morgan fingerprint density at radius 1 is 1.56 bits per heavy atom. The van der Waals surface area contributed by atoms with Crippen LogP contribution in [-0.4, -0.2) is 62.6 Å². The summed E-state index contributed by atoms with van der Waals surface area (Å²) in [6, 6.07) is 0.385. The van der Waals surface area contributed by atoms with E-state index in [0.717, 1.165) is 26.1 Å². The molecule has 1 heterocycles. The molecule has 4 nitrogen and oxygen atoms in total. The zero-order chi connectivity index (χ0) is 12.0. The van der Waals surface area contributed by atoms with E-state index in [-0.39, 0.29) is 6.61 Å². The summed E-state index contributed by atoms with van der Waals surface area (Å²) in [6.45, 7) is 5.67. The van der Waals surface area contributed by atoms with E-state index in [2.05, 4.69) is 17.1 Å². The summed E-state index contributed by atoms with van der Waals surface area (Å²) in [7, 11) is 3.76. The summed E-state index contributed by atoms with van der Waals surface area (Å²) in [5.41, 5.74) is 0. The molecule has 1 aliphatic heterocycles.